The Morgan fingerprint density at radius 3 is 2.53 bits per heavy atom. The van der Waals surface area contributed by atoms with Crippen LogP contribution in [0, 0.1) is 0 Å². The number of carbonyl (C=O) groups excluding carboxylic acids is 1. The third kappa shape index (κ3) is 7.30. The van der Waals surface area contributed by atoms with Crippen LogP contribution in [-0.4, -0.2) is 38.3 Å². The minimum Gasteiger partial charge on any atom is -0.382 e. The van der Waals surface area contributed by atoms with Crippen molar-refractivity contribution in [1.82, 2.24) is 10.8 Å². The molecule has 0 aromatic carbocycles. The van der Waals surface area contributed by atoms with Crippen molar-refractivity contribution in [3.63, 3.8) is 0 Å². The number of hydrogen-bond acceptors (Lipinski definition) is 4. The van der Waals surface area contributed by atoms with Gasteiger partial charge in [-0.15, -0.1) is 0 Å². The third-order valence-corrected chi connectivity index (χ3v) is 2.04. The lowest BCUT2D eigenvalue weighted by molar-refractivity contribution is -0.127. The molecule has 0 bridgehead atoms. The summed E-state index contributed by atoms with van der Waals surface area (Å²) in [5.41, 5.74) is 2.65. The fourth-order valence-electron chi connectivity index (χ4n) is 0.832. The minimum absolute atomic E-state index is 0.0539. The zero-order valence-corrected chi connectivity index (χ0v) is 10.0. The summed E-state index contributed by atoms with van der Waals surface area (Å²) in [4.78, 5) is 16.5. The molecule has 2 atom stereocenters. The van der Waals surface area contributed by atoms with Crippen molar-refractivity contribution < 1.29 is 14.4 Å². The van der Waals surface area contributed by atoms with Crippen molar-refractivity contribution in [2.45, 2.75) is 39.3 Å². The van der Waals surface area contributed by atoms with E-state index in [2.05, 4.69) is 10.8 Å². The van der Waals surface area contributed by atoms with Crippen molar-refractivity contribution >= 4 is 5.91 Å². The number of carbonyl (C=O) groups is 1. The minimum atomic E-state index is -0.351. The predicted molar refractivity (Wildman–Crippen MR) is 58.3 cm³/mol. The molecule has 0 aromatic heterocycles. The Balaban J connectivity index is 3.60. The summed E-state index contributed by atoms with van der Waals surface area (Å²) in [5, 5.41) is 2.86. The Hall–Kier alpha value is -0.650. The van der Waals surface area contributed by atoms with Crippen molar-refractivity contribution in [3.8, 4) is 0 Å². The molecule has 0 fully saturated rings. The molecule has 0 aliphatic carbocycles. The monoisotopic (exact) mass is 218 g/mol. The molecule has 0 aromatic rings. The maximum absolute atomic E-state index is 11.5. The first-order valence-corrected chi connectivity index (χ1v) is 5.28. The van der Waals surface area contributed by atoms with Gasteiger partial charge in [-0.1, -0.05) is 6.92 Å². The van der Waals surface area contributed by atoms with E-state index in [0.29, 0.717) is 13.2 Å². The quantitative estimate of drug-likeness (QED) is 0.459. The van der Waals surface area contributed by atoms with Crippen molar-refractivity contribution in [3.05, 3.63) is 0 Å². The van der Waals surface area contributed by atoms with E-state index in [1.54, 1.807) is 14.0 Å². The average molecular weight is 218 g/mol. The Morgan fingerprint density at radius 2 is 2.00 bits per heavy atom. The molecule has 0 saturated heterocycles. The SMILES string of the molecule is CCC(C)NC(=O)C(C)NOCCOC. The van der Waals surface area contributed by atoms with Gasteiger partial charge >= 0.3 is 0 Å². The molecule has 0 heterocycles. The lowest BCUT2D eigenvalue weighted by atomic mass is 10.2. The van der Waals surface area contributed by atoms with Gasteiger partial charge in [0, 0.05) is 13.2 Å². The van der Waals surface area contributed by atoms with Crippen LogP contribution in [-0.2, 0) is 14.4 Å². The molecule has 2 N–H and O–H groups in total. The first-order valence-electron chi connectivity index (χ1n) is 5.28. The fraction of sp³-hybridized carbons (Fsp3) is 0.900. The maximum Gasteiger partial charge on any atom is 0.239 e. The summed E-state index contributed by atoms with van der Waals surface area (Å²) in [7, 11) is 1.60. The van der Waals surface area contributed by atoms with Gasteiger partial charge in [-0.3, -0.25) is 9.63 Å². The smallest absolute Gasteiger partial charge is 0.239 e. The van der Waals surface area contributed by atoms with Crippen LogP contribution in [0.15, 0.2) is 0 Å². The molecule has 90 valence electrons. The third-order valence-electron chi connectivity index (χ3n) is 2.04. The van der Waals surface area contributed by atoms with Gasteiger partial charge in [-0.2, -0.15) is 5.48 Å². The first kappa shape index (κ1) is 14.3. The second-order valence-electron chi connectivity index (χ2n) is 3.50. The lowest BCUT2D eigenvalue weighted by Gasteiger charge is -2.17. The number of amides is 1. The standard InChI is InChI=1S/C10H22N2O3/c1-5-8(2)11-10(13)9(3)12-15-7-6-14-4/h8-9,12H,5-7H2,1-4H3,(H,11,13). The molecule has 5 nitrogen and oxygen atoms in total. The zero-order valence-electron chi connectivity index (χ0n) is 10.0. The van der Waals surface area contributed by atoms with E-state index in [-0.39, 0.29) is 18.0 Å². The van der Waals surface area contributed by atoms with Crippen LogP contribution < -0.4 is 10.8 Å². The maximum atomic E-state index is 11.5. The molecule has 15 heavy (non-hydrogen) atoms. The van der Waals surface area contributed by atoms with E-state index in [1.165, 1.54) is 0 Å². The van der Waals surface area contributed by atoms with E-state index in [1.807, 2.05) is 13.8 Å². The zero-order chi connectivity index (χ0) is 11.7. The summed E-state index contributed by atoms with van der Waals surface area (Å²) in [6.07, 6.45) is 0.920. The van der Waals surface area contributed by atoms with Gasteiger partial charge in [0.15, 0.2) is 0 Å². The van der Waals surface area contributed by atoms with E-state index in [4.69, 9.17) is 9.57 Å². The highest BCUT2D eigenvalue weighted by atomic mass is 16.7. The highest BCUT2D eigenvalue weighted by Gasteiger charge is 2.13. The van der Waals surface area contributed by atoms with Gasteiger partial charge in [-0.25, -0.2) is 0 Å². The second-order valence-corrected chi connectivity index (χ2v) is 3.50. The average Bonchev–Trinajstić information content (AvgIpc) is 2.23. The number of hydroxylamine groups is 1. The van der Waals surface area contributed by atoms with Crippen LogP contribution in [0.5, 0.6) is 0 Å². The Morgan fingerprint density at radius 1 is 1.33 bits per heavy atom. The van der Waals surface area contributed by atoms with Gasteiger partial charge in [0.1, 0.15) is 6.04 Å². The molecule has 0 radical (unpaired) electrons. The molecule has 0 rings (SSSR count). The van der Waals surface area contributed by atoms with Crippen LogP contribution in [0.1, 0.15) is 27.2 Å². The molecule has 2 unspecified atom stereocenters. The molecule has 1 amide bonds. The summed E-state index contributed by atoms with van der Waals surface area (Å²) >= 11 is 0. The molecular weight excluding hydrogens is 196 g/mol. The van der Waals surface area contributed by atoms with Gasteiger partial charge in [0.05, 0.1) is 13.2 Å². The van der Waals surface area contributed by atoms with Crippen LogP contribution >= 0.6 is 0 Å². The molecule has 0 aliphatic rings. The Kier molecular flexibility index (Phi) is 8.27. The molecule has 0 aliphatic heterocycles. The van der Waals surface area contributed by atoms with Crippen LogP contribution in [0.4, 0.5) is 0 Å². The van der Waals surface area contributed by atoms with E-state index < -0.39 is 0 Å². The van der Waals surface area contributed by atoms with Crippen molar-refractivity contribution in [1.29, 1.82) is 0 Å². The number of ether oxygens (including phenoxy) is 1. The van der Waals surface area contributed by atoms with Gasteiger partial charge in [0.25, 0.3) is 0 Å². The Bertz CT molecular complexity index is 176. The summed E-state index contributed by atoms with van der Waals surface area (Å²) in [6.45, 7) is 6.68. The fourth-order valence-corrected chi connectivity index (χ4v) is 0.832. The number of methoxy groups -OCH3 is 1. The largest absolute Gasteiger partial charge is 0.382 e. The molecule has 5 heteroatoms. The van der Waals surface area contributed by atoms with Crippen LogP contribution in [0.3, 0.4) is 0 Å². The van der Waals surface area contributed by atoms with Crippen molar-refractivity contribution in [2.24, 2.45) is 0 Å². The first-order chi connectivity index (χ1) is 7.11. The summed E-state index contributed by atoms with van der Waals surface area (Å²) in [5.74, 6) is -0.0539. The Labute approximate surface area is 91.5 Å². The number of rotatable bonds is 8. The number of hydrogen-bond donors (Lipinski definition) is 2. The van der Waals surface area contributed by atoms with Gasteiger partial charge in [0.2, 0.25) is 5.91 Å². The van der Waals surface area contributed by atoms with E-state index in [0.717, 1.165) is 6.42 Å². The molecular formula is C10H22N2O3. The number of nitrogens with one attached hydrogen (secondary N) is 2. The highest BCUT2D eigenvalue weighted by molar-refractivity contribution is 5.81. The van der Waals surface area contributed by atoms with Crippen LogP contribution in [0.2, 0.25) is 0 Å². The topological polar surface area (TPSA) is 59.6 Å². The van der Waals surface area contributed by atoms with Gasteiger partial charge in [-0.05, 0) is 20.3 Å². The summed E-state index contributed by atoms with van der Waals surface area (Å²) < 4.78 is 4.80. The van der Waals surface area contributed by atoms with E-state index in [9.17, 15) is 4.79 Å². The molecule has 0 saturated carbocycles. The van der Waals surface area contributed by atoms with E-state index >= 15 is 0 Å². The lowest BCUT2D eigenvalue weighted by Crippen LogP contribution is -2.45. The van der Waals surface area contributed by atoms with Crippen LogP contribution in [0.25, 0.3) is 0 Å². The molecule has 0 spiro atoms. The second kappa shape index (κ2) is 8.64. The van der Waals surface area contributed by atoms with Gasteiger partial charge < -0.3 is 10.1 Å². The highest BCUT2D eigenvalue weighted by Crippen LogP contribution is 1.90. The summed E-state index contributed by atoms with van der Waals surface area (Å²) in [6, 6.07) is -0.156. The van der Waals surface area contributed by atoms with Crippen molar-refractivity contribution in [2.75, 3.05) is 20.3 Å². The normalized spacial score (nSPS) is 14.7. The predicted octanol–water partition coefficient (Wildman–Crippen LogP) is 0.457.